The van der Waals surface area contributed by atoms with Gasteiger partial charge in [-0.15, -0.1) is 0 Å². The van der Waals surface area contributed by atoms with Crippen LogP contribution in [0.5, 0.6) is 5.75 Å². The van der Waals surface area contributed by atoms with E-state index in [4.69, 9.17) is 4.74 Å². The van der Waals surface area contributed by atoms with Crippen LogP contribution in [0.3, 0.4) is 0 Å². The summed E-state index contributed by atoms with van der Waals surface area (Å²) in [5.41, 5.74) is 0. The first-order valence-electron chi connectivity index (χ1n) is 8.27. The van der Waals surface area contributed by atoms with E-state index in [0.29, 0.717) is 12.0 Å². The van der Waals surface area contributed by atoms with Gasteiger partial charge in [-0.3, -0.25) is 0 Å². The van der Waals surface area contributed by atoms with Gasteiger partial charge in [-0.2, -0.15) is 0 Å². The Morgan fingerprint density at radius 1 is 1.48 bits per heavy atom. The molecule has 0 radical (unpaired) electrons. The highest BCUT2D eigenvalue weighted by Crippen LogP contribution is 2.31. The van der Waals surface area contributed by atoms with Crippen LogP contribution in [-0.4, -0.2) is 37.3 Å². The van der Waals surface area contributed by atoms with Crippen LogP contribution in [0.15, 0.2) is 18.3 Å². The van der Waals surface area contributed by atoms with Gasteiger partial charge < -0.3 is 15.0 Å². The molecule has 0 amide bonds. The topological polar surface area (TPSA) is 37.4 Å². The van der Waals surface area contributed by atoms with Crippen LogP contribution in [0, 0.1) is 5.92 Å². The van der Waals surface area contributed by atoms with Gasteiger partial charge in [-0.1, -0.05) is 20.8 Å². The van der Waals surface area contributed by atoms with E-state index in [2.05, 4.69) is 36.0 Å². The van der Waals surface area contributed by atoms with E-state index in [1.807, 2.05) is 18.3 Å². The monoisotopic (exact) mass is 291 g/mol. The molecule has 2 rings (SSSR count). The van der Waals surface area contributed by atoms with Gasteiger partial charge in [-0.05, 0) is 43.9 Å². The first kappa shape index (κ1) is 16.1. The number of aromatic nitrogens is 1. The Labute approximate surface area is 128 Å². The van der Waals surface area contributed by atoms with Crippen LogP contribution >= 0.6 is 0 Å². The van der Waals surface area contributed by atoms with Crippen molar-refractivity contribution in [1.82, 2.24) is 10.3 Å². The van der Waals surface area contributed by atoms with Gasteiger partial charge in [-0.25, -0.2) is 4.98 Å². The molecule has 1 fully saturated rings. The summed E-state index contributed by atoms with van der Waals surface area (Å²) < 4.78 is 5.87. The SMILES string of the molecule is CCCOc1cccnc1N1CCCC1CNCC(C)C. The molecular formula is C17H29N3O. The summed E-state index contributed by atoms with van der Waals surface area (Å²) >= 11 is 0. The molecule has 1 unspecified atom stereocenters. The van der Waals surface area contributed by atoms with Crippen LogP contribution in [-0.2, 0) is 0 Å². The van der Waals surface area contributed by atoms with Gasteiger partial charge in [0.1, 0.15) is 0 Å². The van der Waals surface area contributed by atoms with Crippen molar-refractivity contribution in [1.29, 1.82) is 0 Å². The number of pyridine rings is 1. The smallest absolute Gasteiger partial charge is 0.171 e. The van der Waals surface area contributed by atoms with E-state index >= 15 is 0 Å². The Morgan fingerprint density at radius 3 is 3.10 bits per heavy atom. The molecule has 0 bridgehead atoms. The quantitative estimate of drug-likeness (QED) is 0.798. The van der Waals surface area contributed by atoms with E-state index in [0.717, 1.165) is 44.2 Å². The summed E-state index contributed by atoms with van der Waals surface area (Å²) in [4.78, 5) is 7.00. The lowest BCUT2D eigenvalue weighted by Crippen LogP contribution is -2.39. The van der Waals surface area contributed by atoms with Gasteiger partial charge >= 0.3 is 0 Å². The van der Waals surface area contributed by atoms with E-state index in [1.165, 1.54) is 12.8 Å². The standard InChI is InChI=1S/C17H29N3O/c1-4-11-21-16-8-5-9-19-17(16)20-10-6-7-15(20)13-18-12-14(2)3/h5,8-9,14-15,18H,4,6-7,10-13H2,1-3H3. The molecule has 4 heteroatoms. The summed E-state index contributed by atoms with van der Waals surface area (Å²) in [6.45, 7) is 10.6. The second-order valence-electron chi connectivity index (χ2n) is 6.22. The molecule has 1 saturated heterocycles. The summed E-state index contributed by atoms with van der Waals surface area (Å²) in [5, 5.41) is 3.58. The van der Waals surface area contributed by atoms with Crippen LogP contribution in [0.4, 0.5) is 5.82 Å². The van der Waals surface area contributed by atoms with Crippen molar-refractivity contribution in [2.75, 3.05) is 31.1 Å². The highest BCUT2D eigenvalue weighted by Gasteiger charge is 2.27. The number of anilines is 1. The Bertz CT molecular complexity index is 422. The van der Waals surface area contributed by atoms with Crippen molar-refractivity contribution in [3.8, 4) is 5.75 Å². The fraction of sp³-hybridized carbons (Fsp3) is 0.706. The van der Waals surface area contributed by atoms with E-state index in [-0.39, 0.29) is 0 Å². The lowest BCUT2D eigenvalue weighted by molar-refractivity contribution is 0.316. The van der Waals surface area contributed by atoms with Crippen molar-refractivity contribution >= 4 is 5.82 Å². The average Bonchev–Trinajstić information content (AvgIpc) is 2.93. The molecule has 1 aliphatic heterocycles. The van der Waals surface area contributed by atoms with Gasteiger partial charge in [0, 0.05) is 25.3 Å². The molecule has 0 spiro atoms. The van der Waals surface area contributed by atoms with E-state index in [9.17, 15) is 0 Å². The van der Waals surface area contributed by atoms with Crippen LogP contribution in [0.1, 0.15) is 40.0 Å². The minimum Gasteiger partial charge on any atom is -0.490 e. The summed E-state index contributed by atoms with van der Waals surface area (Å²) in [6, 6.07) is 4.52. The summed E-state index contributed by atoms with van der Waals surface area (Å²) in [6.07, 6.45) is 5.35. The van der Waals surface area contributed by atoms with Gasteiger partial charge in [0.05, 0.1) is 6.61 Å². The maximum atomic E-state index is 5.87. The van der Waals surface area contributed by atoms with Crippen LogP contribution < -0.4 is 15.0 Å². The first-order valence-corrected chi connectivity index (χ1v) is 8.27. The Hall–Kier alpha value is -1.29. The number of rotatable bonds is 8. The Balaban J connectivity index is 2.01. The lowest BCUT2D eigenvalue weighted by Gasteiger charge is -2.27. The molecule has 21 heavy (non-hydrogen) atoms. The molecule has 118 valence electrons. The van der Waals surface area contributed by atoms with Gasteiger partial charge in [0.15, 0.2) is 11.6 Å². The van der Waals surface area contributed by atoms with Crippen molar-refractivity contribution in [2.45, 2.75) is 46.1 Å². The third-order valence-electron chi connectivity index (χ3n) is 3.79. The highest BCUT2D eigenvalue weighted by atomic mass is 16.5. The molecular weight excluding hydrogens is 262 g/mol. The normalized spacial score (nSPS) is 18.5. The predicted octanol–water partition coefficient (Wildman–Crippen LogP) is 3.08. The molecule has 0 aromatic carbocycles. The molecule has 1 aromatic heterocycles. The Morgan fingerprint density at radius 2 is 2.33 bits per heavy atom. The van der Waals surface area contributed by atoms with E-state index in [1.54, 1.807) is 0 Å². The van der Waals surface area contributed by atoms with Crippen molar-refractivity contribution < 1.29 is 4.74 Å². The molecule has 1 aromatic rings. The average molecular weight is 291 g/mol. The molecule has 2 heterocycles. The summed E-state index contributed by atoms with van der Waals surface area (Å²) in [7, 11) is 0. The molecule has 1 atom stereocenters. The molecule has 1 N–H and O–H groups in total. The van der Waals surface area contributed by atoms with Gasteiger partial charge in [0.2, 0.25) is 0 Å². The minimum absolute atomic E-state index is 0.530. The number of hydrogen-bond donors (Lipinski definition) is 1. The second-order valence-corrected chi connectivity index (χ2v) is 6.22. The lowest BCUT2D eigenvalue weighted by atomic mass is 10.2. The fourth-order valence-corrected chi connectivity index (χ4v) is 2.79. The third-order valence-corrected chi connectivity index (χ3v) is 3.79. The van der Waals surface area contributed by atoms with E-state index < -0.39 is 0 Å². The van der Waals surface area contributed by atoms with Crippen molar-refractivity contribution in [2.24, 2.45) is 5.92 Å². The van der Waals surface area contributed by atoms with Gasteiger partial charge in [0.25, 0.3) is 0 Å². The largest absolute Gasteiger partial charge is 0.490 e. The number of hydrogen-bond acceptors (Lipinski definition) is 4. The zero-order valence-corrected chi connectivity index (χ0v) is 13.6. The maximum absolute atomic E-state index is 5.87. The van der Waals surface area contributed by atoms with Crippen molar-refractivity contribution in [3.05, 3.63) is 18.3 Å². The number of ether oxygens (including phenoxy) is 1. The van der Waals surface area contributed by atoms with Crippen molar-refractivity contribution in [3.63, 3.8) is 0 Å². The minimum atomic E-state index is 0.530. The van der Waals surface area contributed by atoms with Crippen LogP contribution in [0.25, 0.3) is 0 Å². The number of nitrogens with zero attached hydrogens (tertiary/aromatic N) is 2. The molecule has 0 saturated carbocycles. The third kappa shape index (κ3) is 4.60. The second kappa shape index (κ2) is 8.23. The summed E-state index contributed by atoms with van der Waals surface area (Å²) in [5.74, 6) is 2.63. The Kier molecular flexibility index (Phi) is 6.30. The van der Waals surface area contributed by atoms with Crippen LogP contribution in [0.2, 0.25) is 0 Å². The predicted molar refractivity (Wildman–Crippen MR) is 88.1 cm³/mol. The highest BCUT2D eigenvalue weighted by molar-refractivity contribution is 5.53. The fourth-order valence-electron chi connectivity index (χ4n) is 2.79. The zero-order valence-electron chi connectivity index (χ0n) is 13.6. The number of nitrogens with one attached hydrogen (secondary N) is 1. The maximum Gasteiger partial charge on any atom is 0.171 e. The molecule has 1 aliphatic rings. The molecule has 4 nitrogen and oxygen atoms in total. The molecule has 0 aliphatic carbocycles. The zero-order chi connectivity index (χ0) is 15.1. The first-order chi connectivity index (χ1) is 10.2.